The molecule has 0 unspecified atom stereocenters. The van der Waals surface area contributed by atoms with Crippen LogP contribution in [0.1, 0.15) is 33.9 Å². The van der Waals surface area contributed by atoms with E-state index < -0.39 is 11.6 Å². The first-order valence-corrected chi connectivity index (χ1v) is 10.5. The van der Waals surface area contributed by atoms with Crippen molar-refractivity contribution in [3.8, 4) is 0 Å². The van der Waals surface area contributed by atoms with E-state index in [4.69, 9.17) is 5.73 Å². The van der Waals surface area contributed by atoms with Gasteiger partial charge in [0.1, 0.15) is 0 Å². The molecule has 4 aromatic carbocycles. The van der Waals surface area contributed by atoms with Crippen molar-refractivity contribution in [3.05, 3.63) is 119 Å². The number of aryl methyl sites for hydroxylation is 2. The molecule has 0 aliphatic rings. The molecule has 1 atom stereocenters. The van der Waals surface area contributed by atoms with Gasteiger partial charge in [0.25, 0.3) is 0 Å². The molecule has 0 bridgehead atoms. The molecule has 0 fully saturated rings. The molecule has 2 nitrogen and oxygen atoms in total. The van der Waals surface area contributed by atoms with Gasteiger partial charge >= 0.3 is 0 Å². The SMILES string of the molecule is Cc1ccccc1CC(O)(Cc1ccccc1C)[C@H](N)c1ccc2ccccc2c1. The minimum absolute atomic E-state index is 0.502. The third-order valence-electron chi connectivity index (χ3n) is 6.23. The first-order chi connectivity index (χ1) is 14.5. The highest BCUT2D eigenvalue weighted by molar-refractivity contribution is 5.83. The Morgan fingerprint density at radius 2 is 1.20 bits per heavy atom. The Morgan fingerprint density at radius 3 is 1.77 bits per heavy atom. The van der Waals surface area contributed by atoms with Crippen LogP contribution in [0.4, 0.5) is 0 Å². The van der Waals surface area contributed by atoms with Crippen molar-refractivity contribution in [1.82, 2.24) is 0 Å². The van der Waals surface area contributed by atoms with Gasteiger partial charge < -0.3 is 10.8 Å². The molecule has 0 aliphatic heterocycles. The van der Waals surface area contributed by atoms with Crippen LogP contribution in [0.3, 0.4) is 0 Å². The van der Waals surface area contributed by atoms with Gasteiger partial charge in [-0.2, -0.15) is 0 Å². The lowest BCUT2D eigenvalue weighted by Gasteiger charge is -2.36. The van der Waals surface area contributed by atoms with E-state index in [0.29, 0.717) is 12.8 Å². The Balaban J connectivity index is 1.76. The number of fused-ring (bicyclic) bond motifs is 1. The van der Waals surface area contributed by atoms with E-state index in [1.54, 1.807) is 0 Å². The highest BCUT2D eigenvalue weighted by atomic mass is 16.3. The predicted molar refractivity (Wildman–Crippen MR) is 126 cm³/mol. The summed E-state index contributed by atoms with van der Waals surface area (Å²) in [5, 5.41) is 14.4. The maximum Gasteiger partial charge on any atom is 0.0919 e. The summed E-state index contributed by atoms with van der Waals surface area (Å²) in [5.41, 5.74) is 11.3. The van der Waals surface area contributed by atoms with E-state index in [1.807, 2.05) is 42.5 Å². The molecule has 0 aliphatic carbocycles. The second-order valence-electron chi connectivity index (χ2n) is 8.39. The maximum absolute atomic E-state index is 12.0. The Morgan fingerprint density at radius 1 is 0.700 bits per heavy atom. The van der Waals surface area contributed by atoms with Crippen molar-refractivity contribution in [3.63, 3.8) is 0 Å². The minimum Gasteiger partial charge on any atom is -0.387 e. The molecule has 4 aromatic rings. The summed E-state index contributed by atoms with van der Waals surface area (Å²) in [5.74, 6) is 0. The molecule has 0 spiro atoms. The topological polar surface area (TPSA) is 46.2 Å². The number of nitrogens with two attached hydrogens (primary N) is 1. The van der Waals surface area contributed by atoms with Gasteiger partial charge in [0, 0.05) is 12.8 Å². The van der Waals surface area contributed by atoms with E-state index >= 15 is 0 Å². The van der Waals surface area contributed by atoms with Crippen LogP contribution < -0.4 is 5.73 Å². The molecule has 0 amide bonds. The zero-order valence-corrected chi connectivity index (χ0v) is 17.7. The van der Waals surface area contributed by atoms with E-state index in [-0.39, 0.29) is 0 Å². The third kappa shape index (κ3) is 4.16. The fourth-order valence-electron chi connectivity index (χ4n) is 4.27. The number of benzene rings is 4. The highest BCUT2D eigenvalue weighted by Gasteiger charge is 2.36. The average Bonchev–Trinajstić information content (AvgIpc) is 2.76. The van der Waals surface area contributed by atoms with Crippen LogP contribution in [0.5, 0.6) is 0 Å². The van der Waals surface area contributed by atoms with Crippen molar-refractivity contribution < 1.29 is 5.11 Å². The minimum atomic E-state index is -1.11. The molecule has 0 saturated heterocycles. The van der Waals surface area contributed by atoms with Crippen molar-refractivity contribution in [1.29, 1.82) is 0 Å². The smallest absolute Gasteiger partial charge is 0.0919 e. The van der Waals surface area contributed by atoms with Crippen LogP contribution in [0.2, 0.25) is 0 Å². The molecule has 0 saturated carbocycles. The Hall–Kier alpha value is -2.94. The zero-order valence-electron chi connectivity index (χ0n) is 17.7. The van der Waals surface area contributed by atoms with Crippen LogP contribution in [-0.4, -0.2) is 10.7 Å². The van der Waals surface area contributed by atoms with Crippen molar-refractivity contribution >= 4 is 10.8 Å². The fraction of sp³-hybridized carbons (Fsp3) is 0.214. The molecular formula is C28H29NO. The molecule has 152 valence electrons. The Kier molecular flexibility index (Phi) is 5.72. The fourth-order valence-corrected chi connectivity index (χ4v) is 4.27. The van der Waals surface area contributed by atoms with Gasteiger partial charge in [-0.15, -0.1) is 0 Å². The van der Waals surface area contributed by atoms with Crippen LogP contribution in [0, 0.1) is 13.8 Å². The largest absolute Gasteiger partial charge is 0.387 e. The van der Waals surface area contributed by atoms with Gasteiger partial charge in [0.15, 0.2) is 0 Å². The summed E-state index contributed by atoms with van der Waals surface area (Å²) in [6.07, 6.45) is 1.00. The molecule has 2 heteroatoms. The molecule has 3 N–H and O–H groups in total. The van der Waals surface area contributed by atoms with Gasteiger partial charge in [-0.1, -0.05) is 84.9 Å². The lowest BCUT2D eigenvalue weighted by Crippen LogP contribution is -2.45. The summed E-state index contributed by atoms with van der Waals surface area (Å²) in [6.45, 7) is 4.18. The van der Waals surface area contributed by atoms with Crippen molar-refractivity contribution in [2.75, 3.05) is 0 Å². The molecule has 0 heterocycles. The summed E-state index contributed by atoms with van der Waals surface area (Å²) in [7, 11) is 0. The summed E-state index contributed by atoms with van der Waals surface area (Å²) >= 11 is 0. The Bertz CT molecular complexity index is 1120. The number of hydrogen-bond acceptors (Lipinski definition) is 2. The number of rotatable bonds is 6. The van der Waals surface area contributed by atoms with Gasteiger partial charge in [0.05, 0.1) is 11.6 Å². The highest BCUT2D eigenvalue weighted by Crippen LogP contribution is 2.34. The second-order valence-corrected chi connectivity index (χ2v) is 8.39. The first kappa shape index (κ1) is 20.3. The summed E-state index contributed by atoms with van der Waals surface area (Å²) in [6, 6.07) is 30.5. The lowest BCUT2D eigenvalue weighted by atomic mass is 9.78. The monoisotopic (exact) mass is 395 g/mol. The predicted octanol–water partition coefficient (Wildman–Crippen LogP) is 5.67. The van der Waals surface area contributed by atoms with Crippen LogP contribution >= 0.6 is 0 Å². The number of hydrogen-bond donors (Lipinski definition) is 2. The standard InChI is InChI=1S/C28H29NO/c1-20-9-3-5-13-25(20)18-28(30,19-26-14-6-4-10-21(26)2)27(29)24-16-15-22-11-7-8-12-23(22)17-24/h3-17,27,30H,18-19,29H2,1-2H3/t27-/m1/s1. The third-order valence-corrected chi connectivity index (χ3v) is 6.23. The van der Waals surface area contributed by atoms with Gasteiger partial charge in [-0.25, -0.2) is 0 Å². The van der Waals surface area contributed by atoms with E-state index in [9.17, 15) is 5.11 Å². The molecule has 4 rings (SSSR count). The quantitative estimate of drug-likeness (QED) is 0.442. The summed E-state index contributed by atoms with van der Waals surface area (Å²) < 4.78 is 0. The summed E-state index contributed by atoms with van der Waals surface area (Å²) in [4.78, 5) is 0. The van der Waals surface area contributed by atoms with E-state index in [0.717, 1.165) is 22.1 Å². The van der Waals surface area contributed by atoms with Crippen molar-refractivity contribution in [2.24, 2.45) is 5.73 Å². The van der Waals surface area contributed by atoms with E-state index in [1.165, 1.54) is 16.5 Å². The van der Waals surface area contributed by atoms with Gasteiger partial charge in [-0.3, -0.25) is 0 Å². The average molecular weight is 396 g/mol. The van der Waals surface area contributed by atoms with Crippen LogP contribution in [0.15, 0.2) is 91.0 Å². The number of aliphatic hydroxyl groups is 1. The molecule has 30 heavy (non-hydrogen) atoms. The van der Waals surface area contributed by atoms with Gasteiger partial charge in [0.2, 0.25) is 0 Å². The zero-order chi connectivity index (χ0) is 21.1. The molecule has 0 aromatic heterocycles. The van der Waals surface area contributed by atoms with Crippen LogP contribution in [0.25, 0.3) is 10.8 Å². The van der Waals surface area contributed by atoms with Gasteiger partial charge in [-0.05, 0) is 58.5 Å². The molecule has 0 radical (unpaired) electrons. The second kappa shape index (κ2) is 8.43. The first-order valence-electron chi connectivity index (χ1n) is 10.5. The Labute approximate surface area is 179 Å². The molecular weight excluding hydrogens is 366 g/mol. The van der Waals surface area contributed by atoms with Crippen molar-refractivity contribution in [2.45, 2.75) is 38.3 Å². The lowest BCUT2D eigenvalue weighted by molar-refractivity contribution is 0.0134. The van der Waals surface area contributed by atoms with E-state index in [2.05, 4.69) is 62.4 Å². The normalized spacial score (nSPS) is 12.8. The van der Waals surface area contributed by atoms with Crippen LogP contribution in [-0.2, 0) is 12.8 Å². The maximum atomic E-state index is 12.0.